The molecule has 1 aliphatic heterocycles. The van der Waals surface area contributed by atoms with Crippen molar-refractivity contribution < 1.29 is 0 Å². The fraction of sp³-hybridized carbons (Fsp3) is 0.643. The molecule has 0 unspecified atom stereocenters. The van der Waals surface area contributed by atoms with Gasteiger partial charge < -0.3 is 5.32 Å². The molecule has 1 saturated heterocycles. The third-order valence-corrected chi connectivity index (χ3v) is 3.99. The molecule has 0 aromatic carbocycles. The number of piperazine rings is 1. The van der Waals surface area contributed by atoms with Crippen molar-refractivity contribution in [2.24, 2.45) is 5.41 Å². The summed E-state index contributed by atoms with van der Waals surface area (Å²) in [7, 11) is 0. The SMILES string of the molecule is CC(C)(C)[C@@H](c1ccc(Cl)nc1Cl)N1CCNCC1.Cl.Cl. The van der Waals surface area contributed by atoms with Crippen molar-refractivity contribution in [3.8, 4) is 0 Å². The molecule has 0 saturated carbocycles. The maximum Gasteiger partial charge on any atom is 0.135 e. The molecule has 21 heavy (non-hydrogen) atoms. The number of pyridine rings is 1. The fourth-order valence-electron chi connectivity index (χ4n) is 2.78. The van der Waals surface area contributed by atoms with Crippen LogP contribution in [0, 0.1) is 5.41 Å². The molecule has 0 bridgehead atoms. The standard InChI is InChI=1S/C14H21Cl2N3.2ClH/c1-14(2,3)12(19-8-6-17-7-9-19)10-4-5-11(15)18-13(10)16;;/h4-5,12,17H,6-9H2,1-3H3;2*1H/t12-;;/m1../s1. The largest absolute Gasteiger partial charge is 0.314 e. The van der Waals surface area contributed by atoms with Gasteiger partial charge in [-0.15, -0.1) is 24.8 Å². The van der Waals surface area contributed by atoms with E-state index in [1.165, 1.54) is 0 Å². The van der Waals surface area contributed by atoms with E-state index in [4.69, 9.17) is 23.2 Å². The lowest BCUT2D eigenvalue weighted by Crippen LogP contribution is -2.48. The molecule has 1 atom stereocenters. The van der Waals surface area contributed by atoms with E-state index in [1.807, 2.05) is 12.1 Å². The summed E-state index contributed by atoms with van der Waals surface area (Å²) in [6.07, 6.45) is 0. The number of nitrogens with zero attached hydrogens (tertiary/aromatic N) is 2. The van der Waals surface area contributed by atoms with Gasteiger partial charge in [-0.2, -0.15) is 0 Å². The predicted molar refractivity (Wildman–Crippen MR) is 95.4 cm³/mol. The summed E-state index contributed by atoms with van der Waals surface area (Å²) in [5, 5.41) is 4.35. The van der Waals surface area contributed by atoms with Crippen molar-refractivity contribution in [3.05, 3.63) is 28.0 Å². The number of rotatable bonds is 2. The van der Waals surface area contributed by atoms with Gasteiger partial charge >= 0.3 is 0 Å². The van der Waals surface area contributed by atoms with Gasteiger partial charge in [-0.25, -0.2) is 4.98 Å². The Hall–Kier alpha value is 0.230. The molecule has 0 amide bonds. The Balaban J connectivity index is 0.00000200. The van der Waals surface area contributed by atoms with Gasteiger partial charge in [-0.05, 0) is 11.5 Å². The fourth-order valence-corrected chi connectivity index (χ4v) is 3.23. The summed E-state index contributed by atoms with van der Waals surface area (Å²) in [6, 6.07) is 4.09. The zero-order valence-corrected chi connectivity index (χ0v) is 15.7. The minimum atomic E-state index is 0. The Labute approximate surface area is 149 Å². The third-order valence-electron chi connectivity index (χ3n) is 3.48. The zero-order valence-electron chi connectivity index (χ0n) is 12.5. The van der Waals surface area contributed by atoms with E-state index in [2.05, 4.69) is 36.0 Å². The van der Waals surface area contributed by atoms with Crippen molar-refractivity contribution in [1.29, 1.82) is 0 Å². The van der Waals surface area contributed by atoms with Crippen molar-refractivity contribution in [2.75, 3.05) is 26.2 Å². The summed E-state index contributed by atoms with van der Waals surface area (Å²) in [5.74, 6) is 0. The van der Waals surface area contributed by atoms with Gasteiger partial charge in [-0.3, -0.25) is 4.90 Å². The molecular weight excluding hydrogens is 352 g/mol. The summed E-state index contributed by atoms with van der Waals surface area (Å²) in [6.45, 7) is 10.8. The molecule has 7 heteroatoms. The topological polar surface area (TPSA) is 28.2 Å². The molecule has 1 aromatic rings. The first-order chi connectivity index (χ1) is 8.89. The van der Waals surface area contributed by atoms with E-state index in [0.29, 0.717) is 10.3 Å². The predicted octanol–water partition coefficient (Wildman–Crippen LogP) is 4.22. The highest BCUT2D eigenvalue weighted by Crippen LogP contribution is 2.40. The summed E-state index contributed by atoms with van der Waals surface area (Å²) in [5.41, 5.74) is 1.16. The van der Waals surface area contributed by atoms with Gasteiger partial charge in [0.15, 0.2) is 0 Å². The molecule has 1 fully saturated rings. The van der Waals surface area contributed by atoms with Crippen LogP contribution >= 0.6 is 48.0 Å². The Morgan fingerprint density at radius 2 is 1.71 bits per heavy atom. The lowest BCUT2D eigenvalue weighted by atomic mass is 9.81. The van der Waals surface area contributed by atoms with Gasteiger partial charge in [0.2, 0.25) is 0 Å². The maximum atomic E-state index is 6.31. The molecule has 122 valence electrons. The van der Waals surface area contributed by atoms with Gasteiger partial charge in [0.1, 0.15) is 10.3 Å². The first-order valence-electron chi connectivity index (χ1n) is 6.66. The number of nitrogens with one attached hydrogen (secondary N) is 1. The number of halogens is 4. The molecule has 1 aromatic heterocycles. The monoisotopic (exact) mass is 373 g/mol. The van der Waals surface area contributed by atoms with Gasteiger partial charge in [0, 0.05) is 37.8 Å². The van der Waals surface area contributed by atoms with Crippen LogP contribution in [0.4, 0.5) is 0 Å². The van der Waals surface area contributed by atoms with Crippen LogP contribution in [0.2, 0.25) is 10.3 Å². The second kappa shape index (κ2) is 8.76. The lowest BCUT2D eigenvalue weighted by Gasteiger charge is -2.42. The minimum absolute atomic E-state index is 0. The Kier molecular flexibility index (Phi) is 8.85. The highest BCUT2D eigenvalue weighted by molar-refractivity contribution is 6.32. The number of hydrogen-bond acceptors (Lipinski definition) is 3. The smallest absolute Gasteiger partial charge is 0.135 e. The van der Waals surface area contributed by atoms with E-state index in [9.17, 15) is 0 Å². The van der Waals surface area contributed by atoms with Crippen LogP contribution in [-0.4, -0.2) is 36.1 Å². The quantitative estimate of drug-likeness (QED) is 0.785. The highest BCUT2D eigenvalue weighted by Gasteiger charge is 2.34. The average molecular weight is 375 g/mol. The Bertz CT molecular complexity index is 442. The van der Waals surface area contributed by atoms with Crippen molar-refractivity contribution in [3.63, 3.8) is 0 Å². The van der Waals surface area contributed by atoms with Crippen LogP contribution in [0.3, 0.4) is 0 Å². The summed E-state index contributed by atoms with van der Waals surface area (Å²) >= 11 is 12.2. The van der Waals surface area contributed by atoms with Crippen LogP contribution in [0.25, 0.3) is 0 Å². The number of aromatic nitrogens is 1. The van der Waals surface area contributed by atoms with E-state index in [0.717, 1.165) is 31.7 Å². The van der Waals surface area contributed by atoms with Gasteiger partial charge in [0.05, 0.1) is 0 Å². The Morgan fingerprint density at radius 1 is 1.14 bits per heavy atom. The Morgan fingerprint density at radius 3 is 2.19 bits per heavy atom. The average Bonchev–Trinajstić information content (AvgIpc) is 2.32. The molecule has 1 N–H and O–H groups in total. The van der Waals surface area contributed by atoms with E-state index in [1.54, 1.807) is 0 Å². The van der Waals surface area contributed by atoms with Crippen LogP contribution in [0.5, 0.6) is 0 Å². The van der Waals surface area contributed by atoms with Crippen molar-refractivity contribution in [1.82, 2.24) is 15.2 Å². The summed E-state index contributed by atoms with van der Waals surface area (Å²) < 4.78 is 0. The third kappa shape index (κ3) is 5.42. The molecule has 1 aliphatic rings. The van der Waals surface area contributed by atoms with Crippen LogP contribution in [0.1, 0.15) is 32.4 Å². The van der Waals surface area contributed by atoms with Gasteiger partial charge in [-0.1, -0.05) is 50.0 Å². The van der Waals surface area contributed by atoms with E-state index >= 15 is 0 Å². The molecule has 0 spiro atoms. The maximum absolute atomic E-state index is 6.31. The van der Waals surface area contributed by atoms with Crippen molar-refractivity contribution >= 4 is 48.0 Å². The molecule has 0 aliphatic carbocycles. The molecule has 3 nitrogen and oxygen atoms in total. The normalized spacial score (nSPS) is 17.6. The minimum Gasteiger partial charge on any atom is -0.314 e. The summed E-state index contributed by atoms with van der Waals surface area (Å²) in [4.78, 5) is 6.67. The molecular formula is C14H23Cl4N3. The lowest BCUT2D eigenvalue weighted by molar-refractivity contribution is 0.0860. The van der Waals surface area contributed by atoms with E-state index in [-0.39, 0.29) is 36.3 Å². The number of hydrogen-bond donors (Lipinski definition) is 1. The van der Waals surface area contributed by atoms with E-state index < -0.39 is 0 Å². The zero-order chi connectivity index (χ0) is 14.0. The first kappa shape index (κ1) is 21.2. The molecule has 0 radical (unpaired) electrons. The van der Waals surface area contributed by atoms with Crippen molar-refractivity contribution in [2.45, 2.75) is 26.8 Å². The second-order valence-electron chi connectivity index (χ2n) is 6.07. The van der Waals surface area contributed by atoms with Crippen LogP contribution in [0.15, 0.2) is 12.1 Å². The second-order valence-corrected chi connectivity index (χ2v) is 6.81. The highest BCUT2D eigenvalue weighted by atomic mass is 35.5. The van der Waals surface area contributed by atoms with Crippen LogP contribution < -0.4 is 5.32 Å². The first-order valence-corrected chi connectivity index (χ1v) is 7.42. The van der Waals surface area contributed by atoms with Crippen LogP contribution in [-0.2, 0) is 0 Å². The van der Waals surface area contributed by atoms with Gasteiger partial charge in [0.25, 0.3) is 0 Å². The molecule has 2 heterocycles. The molecule has 2 rings (SSSR count).